The van der Waals surface area contributed by atoms with E-state index in [-0.39, 0.29) is 6.61 Å². The van der Waals surface area contributed by atoms with Crippen LogP contribution in [0.1, 0.15) is 43.9 Å². The molecule has 0 atom stereocenters. The first-order valence-electron chi connectivity index (χ1n) is 6.24. The van der Waals surface area contributed by atoms with Crippen LogP contribution >= 0.6 is 0 Å². The van der Waals surface area contributed by atoms with Crippen molar-refractivity contribution in [3.8, 4) is 5.88 Å². The molecule has 1 N–H and O–H groups in total. The van der Waals surface area contributed by atoms with Crippen LogP contribution in [-0.4, -0.2) is 22.7 Å². The van der Waals surface area contributed by atoms with Crippen molar-refractivity contribution in [3.63, 3.8) is 0 Å². The molecule has 0 bridgehead atoms. The number of carbonyl (C=O) groups is 1. The molecule has 1 aromatic rings. The summed E-state index contributed by atoms with van der Waals surface area (Å²) in [7, 11) is 0. The van der Waals surface area contributed by atoms with Crippen LogP contribution in [0.2, 0.25) is 0 Å². The maximum Gasteiger partial charge on any atom is 0.312 e. The third-order valence-electron chi connectivity index (χ3n) is 3.19. The van der Waals surface area contributed by atoms with Gasteiger partial charge in [0.25, 0.3) is 0 Å². The average Bonchev–Trinajstić information content (AvgIpc) is 3.10. The Hall–Kier alpha value is -1.58. The molecule has 18 heavy (non-hydrogen) atoms. The number of carboxylic acid groups (broad SMARTS) is 1. The van der Waals surface area contributed by atoms with Gasteiger partial charge in [-0.2, -0.15) is 0 Å². The van der Waals surface area contributed by atoms with E-state index >= 15 is 0 Å². The largest absolute Gasteiger partial charge is 0.481 e. The van der Waals surface area contributed by atoms with E-state index in [0.29, 0.717) is 11.8 Å². The molecule has 98 valence electrons. The van der Waals surface area contributed by atoms with Gasteiger partial charge in [0, 0.05) is 11.3 Å². The molecule has 0 unspecified atom stereocenters. The minimum absolute atomic E-state index is 0.137. The van der Waals surface area contributed by atoms with E-state index < -0.39 is 11.4 Å². The molecule has 0 radical (unpaired) electrons. The fourth-order valence-electron chi connectivity index (χ4n) is 1.67. The number of aliphatic carboxylic acids is 1. The molecule has 0 aromatic carbocycles. The van der Waals surface area contributed by atoms with Crippen LogP contribution in [0.4, 0.5) is 0 Å². The molecule has 2 rings (SSSR count). The average molecular weight is 249 g/mol. The van der Waals surface area contributed by atoms with Crippen molar-refractivity contribution in [2.24, 2.45) is 5.41 Å². The van der Waals surface area contributed by atoms with Gasteiger partial charge in [-0.1, -0.05) is 6.07 Å². The normalized spacial score (nSPS) is 15.5. The standard InChI is InChI=1S/C14H19NO3/c1-9-4-7-11(10-5-6-10)12(15-9)18-8-14(2,3)13(16)17/h4,7,10H,5-6,8H2,1-3H3,(H,16,17). The monoisotopic (exact) mass is 249 g/mol. The number of ether oxygens (including phenoxy) is 1. The lowest BCUT2D eigenvalue weighted by molar-refractivity contribution is -0.148. The van der Waals surface area contributed by atoms with Crippen LogP contribution in [0.5, 0.6) is 5.88 Å². The van der Waals surface area contributed by atoms with Crippen LogP contribution in [0.15, 0.2) is 12.1 Å². The topological polar surface area (TPSA) is 59.4 Å². The first kappa shape index (κ1) is 12.9. The van der Waals surface area contributed by atoms with Gasteiger partial charge in [-0.05, 0) is 45.6 Å². The zero-order valence-corrected chi connectivity index (χ0v) is 11.1. The number of hydrogen-bond donors (Lipinski definition) is 1. The van der Waals surface area contributed by atoms with Gasteiger partial charge in [0.1, 0.15) is 6.61 Å². The summed E-state index contributed by atoms with van der Waals surface area (Å²) >= 11 is 0. The van der Waals surface area contributed by atoms with Crippen LogP contribution < -0.4 is 4.74 Å². The van der Waals surface area contributed by atoms with Crippen molar-refractivity contribution in [2.45, 2.75) is 39.5 Å². The van der Waals surface area contributed by atoms with Gasteiger partial charge in [0.05, 0.1) is 5.41 Å². The number of nitrogens with zero attached hydrogens (tertiary/aromatic N) is 1. The minimum atomic E-state index is -0.897. The van der Waals surface area contributed by atoms with Crippen molar-refractivity contribution in [3.05, 3.63) is 23.4 Å². The van der Waals surface area contributed by atoms with E-state index in [0.717, 1.165) is 11.3 Å². The zero-order valence-electron chi connectivity index (χ0n) is 11.1. The molecule has 0 spiro atoms. The van der Waals surface area contributed by atoms with Gasteiger partial charge in [-0.25, -0.2) is 4.98 Å². The highest BCUT2D eigenvalue weighted by molar-refractivity contribution is 5.73. The summed E-state index contributed by atoms with van der Waals surface area (Å²) in [5.41, 5.74) is 1.11. The third-order valence-corrected chi connectivity index (χ3v) is 3.19. The summed E-state index contributed by atoms with van der Waals surface area (Å²) < 4.78 is 5.65. The SMILES string of the molecule is Cc1ccc(C2CC2)c(OCC(C)(C)C(=O)O)n1. The molecule has 1 aliphatic rings. The van der Waals surface area contributed by atoms with Gasteiger partial charge >= 0.3 is 5.97 Å². The molecule has 1 heterocycles. The van der Waals surface area contributed by atoms with Gasteiger partial charge in [0.15, 0.2) is 0 Å². The van der Waals surface area contributed by atoms with Gasteiger partial charge in [-0.15, -0.1) is 0 Å². The van der Waals surface area contributed by atoms with Crippen LogP contribution in [0.25, 0.3) is 0 Å². The molecule has 4 heteroatoms. The fourth-order valence-corrected chi connectivity index (χ4v) is 1.67. The number of hydrogen-bond acceptors (Lipinski definition) is 3. The summed E-state index contributed by atoms with van der Waals surface area (Å²) in [6.07, 6.45) is 2.34. The summed E-state index contributed by atoms with van der Waals surface area (Å²) in [5.74, 6) is 0.288. The highest BCUT2D eigenvalue weighted by atomic mass is 16.5. The minimum Gasteiger partial charge on any atom is -0.481 e. The Morgan fingerprint density at radius 3 is 2.72 bits per heavy atom. The van der Waals surface area contributed by atoms with E-state index in [1.165, 1.54) is 12.8 Å². The molecule has 0 aliphatic heterocycles. The first-order chi connectivity index (χ1) is 8.40. The summed E-state index contributed by atoms with van der Waals surface area (Å²) in [4.78, 5) is 15.4. The van der Waals surface area contributed by atoms with Crippen molar-refractivity contribution in [2.75, 3.05) is 6.61 Å². The van der Waals surface area contributed by atoms with Crippen LogP contribution in [0.3, 0.4) is 0 Å². The Balaban J connectivity index is 2.13. The van der Waals surface area contributed by atoms with Crippen molar-refractivity contribution >= 4 is 5.97 Å². The van der Waals surface area contributed by atoms with E-state index in [1.807, 2.05) is 19.1 Å². The molecule has 1 fully saturated rings. The Morgan fingerprint density at radius 1 is 1.50 bits per heavy atom. The smallest absolute Gasteiger partial charge is 0.312 e. The Morgan fingerprint density at radius 2 is 2.17 bits per heavy atom. The van der Waals surface area contributed by atoms with Crippen LogP contribution in [0, 0.1) is 12.3 Å². The summed E-state index contributed by atoms with van der Waals surface area (Å²) in [6, 6.07) is 4.02. The highest BCUT2D eigenvalue weighted by Crippen LogP contribution is 2.43. The van der Waals surface area contributed by atoms with Gasteiger partial charge in [-0.3, -0.25) is 4.79 Å². The number of aromatic nitrogens is 1. The quantitative estimate of drug-likeness (QED) is 0.871. The molecular weight excluding hydrogens is 230 g/mol. The van der Waals surface area contributed by atoms with E-state index in [1.54, 1.807) is 13.8 Å². The first-order valence-corrected chi connectivity index (χ1v) is 6.24. The van der Waals surface area contributed by atoms with Crippen molar-refractivity contribution < 1.29 is 14.6 Å². The lowest BCUT2D eigenvalue weighted by Gasteiger charge is -2.20. The fraction of sp³-hybridized carbons (Fsp3) is 0.571. The Labute approximate surface area is 107 Å². The lowest BCUT2D eigenvalue weighted by atomic mass is 9.95. The Kier molecular flexibility index (Phi) is 3.28. The summed E-state index contributed by atoms with van der Waals surface area (Å²) in [5, 5.41) is 9.06. The predicted octanol–water partition coefficient (Wildman–Crippen LogP) is 2.76. The summed E-state index contributed by atoms with van der Waals surface area (Å²) in [6.45, 7) is 5.36. The predicted molar refractivity (Wildman–Crippen MR) is 67.9 cm³/mol. The molecule has 0 saturated heterocycles. The molecule has 0 amide bonds. The number of rotatable bonds is 5. The molecule has 4 nitrogen and oxygen atoms in total. The third kappa shape index (κ3) is 2.81. The maximum absolute atomic E-state index is 11.0. The van der Waals surface area contributed by atoms with Gasteiger partial charge < -0.3 is 9.84 Å². The van der Waals surface area contributed by atoms with Crippen molar-refractivity contribution in [1.82, 2.24) is 4.98 Å². The number of aryl methyl sites for hydroxylation is 1. The second-order valence-electron chi connectivity index (χ2n) is 5.60. The second kappa shape index (κ2) is 4.59. The lowest BCUT2D eigenvalue weighted by Crippen LogP contribution is -2.31. The number of carboxylic acids is 1. The second-order valence-corrected chi connectivity index (χ2v) is 5.60. The van der Waals surface area contributed by atoms with E-state index in [4.69, 9.17) is 9.84 Å². The molecule has 1 aliphatic carbocycles. The zero-order chi connectivity index (χ0) is 13.3. The Bertz CT molecular complexity index is 464. The highest BCUT2D eigenvalue weighted by Gasteiger charge is 2.31. The number of pyridine rings is 1. The molecular formula is C14H19NO3. The van der Waals surface area contributed by atoms with E-state index in [2.05, 4.69) is 4.98 Å². The van der Waals surface area contributed by atoms with Crippen molar-refractivity contribution in [1.29, 1.82) is 0 Å². The van der Waals surface area contributed by atoms with E-state index in [9.17, 15) is 4.79 Å². The maximum atomic E-state index is 11.0. The molecule has 1 saturated carbocycles. The van der Waals surface area contributed by atoms with Crippen LogP contribution in [-0.2, 0) is 4.79 Å². The van der Waals surface area contributed by atoms with Gasteiger partial charge in [0.2, 0.25) is 5.88 Å². The molecule has 1 aromatic heterocycles.